The van der Waals surface area contributed by atoms with Crippen LogP contribution < -0.4 is 4.74 Å². The van der Waals surface area contributed by atoms with Crippen molar-refractivity contribution < 1.29 is 4.74 Å². The van der Waals surface area contributed by atoms with Gasteiger partial charge in [-0.05, 0) is 47.0 Å². The Morgan fingerprint density at radius 1 is 1.57 bits per heavy atom. The molecule has 0 aliphatic carbocycles. The molecule has 0 radical (unpaired) electrons. The Balaban J connectivity index is 2.67. The highest BCUT2D eigenvalue weighted by atomic mass is 127. The lowest BCUT2D eigenvalue weighted by Gasteiger charge is -2.08. The fourth-order valence-corrected chi connectivity index (χ4v) is 3.29. The lowest BCUT2D eigenvalue weighted by atomic mass is 10.2. The van der Waals surface area contributed by atoms with E-state index < -0.39 is 0 Å². The molecule has 0 spiro atoms. The lowest BCUT2D eigenvalue weighted by molar-refractivity contribution is 0.332. The molecule has 0 saturated heterocycles. The van der Waals surface area contributed by atoms with E-state index in [1.54, 1.807) is 11.3 Å². The zero-order chi connectivity index (χ0) is 10.1. The molecule has 0 N–H and O–H groups in total. The van der Waals surface area contributed by atoms with Gasteiger partial charge >= 0.3 is 0 Å². The zero-order valence-electron chi connectivity index (χ0n) is 7.58. The second-order valence-corrected chi connectivity index (χ2v) is 5.28. The molecular formula is C10H9IOS2. The molecule has 1 aromatic heterocycles. The molecule has 0 atom stereocenters. The van der Waals surface area contributed by atoms with E-state index >= 15 is 0 Å². The van der Waals surface area contributed by atoms with Crippen molar-refractivity contribution in [2.75, 3.05) is 6.61 Å². The summed E-state index contributed by atoms with van der Waals surface area (Å²) in [6.07, 6.45) is 0. The Bertz CT molecular complexity index is 464. The largest absolute Gasteiger partial charge is 0.493 e. The van der Waals surface area contributed by atoms with Crippen molar-refractivity contribution in [1.82, 2.24) is 0 Å². The number of benzene rings is 1. The van der Waals surface area contributed by atoms with Crippen molar-refractivity contribution >= 4 is 56.6 Å². The topological polar surface area (TPSA) is 9.23 Å². The van der Waals surface area contributed by atoms with Crippen LogP contribution in [0.3, 0.4) is 0 Å². The van der Waals surface area contributed by atoms with Crippen LogP contribution >= 0.6 is 46.6 Å². The summed E-state index contributed by atoms with van der Waals surface area (Å²) in [6.45, 7) is 2.67. The van der Waals surface area contributed by atoms with Crippen molar-refractivity contribution in [3.05, 3.63) is 21.1 Å². The molecule has 0 saturated carbocycles. The van der Waals surface area contributed by atoms with Crippen LogP contribution in [0.4, 0.5) is 0 Å². The highest BCUT2D eigenvalue weighted by Gasteiger charge is 2.09. The number of hydrogen-bond donors (Lipinski definition) is 1. The lowest BCUT2D eigenvalue weighted by Crippen LogP contribution is -1.93. The third-order valence-electron chi connectivity index (χ3n) is 1.93. The van der Waals surface area contributed by atoms with E-state index in [2.05, 4.69) is 52.7 Å². The van der Waals surface area contributed by atoms with Crippen LogP contribution in [0, 0.1) is 3.57 Å². The fourth-order valence-electron chi connectivity index (χ4n) is 1.30. The third kappa shape index (κ3) is 1.75. The second kappa shape index (κ2) is 4.28. The number of thiol groups is 1. The number of hydrogen-bond acceptors (Lipinski definition) is 3. The Morgan fingerprint density at radius 3 is 3.07 bits per heavy atom. The standard InChI is InChI=1S/C10H9IOS2/c1-2-12-7-5-8-6(3-4-14-8)9(11)10(7)13/h3-5,13H,2H2,1H3. The first-order valence-electron chi connectivity index (χ1n) is 4.25. The molecule has 2 aromatic rings. The van der Waals surface area contributed by atoms with Gasteiger partial charge in [0.15, 0.2) is 0 Å². The van der Waals surface area contributed by atoms with Gasteiger partial charge < -0.3 is 4.74 Å². The fraction of sp³-hybridized carbons (Fsp3) is 0.200. The summed E-state index contributed by atoms with van der Waals surface area (Å²) in [5, 5.41) is 3.36. The zero-order valence-corrected chi connectivity index (χ0v) is 11.4. The molecule has 4 heteroatoms. The maximum Gasteiger partial charge on any atom is 0.135 e. The molecule has 0 unspecified atom stereocenters. The maximum absolute atomic E-state index is 5.52. The number of fused-ring (bicyclic) bond motifs is 1. The van der Waals surface area contributed by atoms with E-state index in [0.717, 1.165) is 10.6 Å². The molecule has 1 nitrogen and oxygen atoms in total. The van der Waals surface area contributed by atoms with E-state index in [4.69, 9.17) is 4.74 Å². The number of rotatable bonds is 2. The summed E-state index contributed by atoms with van der Waals surface area (Å²) in [5.41, 5.74) is 0. The second-order valence-electron chi connectivity index (χ2n) is 2.80. The van der Waals surface area contributed by atoms with Crippen LogP contribution in [-0.4, -0.2) is 6.61 Å². The first kappa shape index (κ1) is 10.6. The molecule has 0 aliphatic rings. The van der Waals surface area contributed by atoms with Gasteiger partial charge in [-0.15, -0.1) is 24.0 Å². The monoisotopic (exact) mass is 336 g/mol. The molecule has 0 bridgehead atoms. The molecule has 74 valence electrons. The minimum atomic E-state index is 0.681. The van der Waals surface area contributed by atoms with Crippen molar-refractivity contribution in [3.63, 3.8) is 0 Å². The highest BCUT2D eigenvalue weighted by molar-refractivity contribution is 14.1. The number of ether oxygens (including phenoxy) is 1. The average Bonchev–Trinajstić information content (AvgIpc) is 2.62. The van der Waals surface area contributed by atoms with Crippen LogP contribution in [-0.2, 0) is 0 Å². The normalized spacial score (nSPS) is 10.8. The minimum absolute atomic E-state index is 0.681. The summed E-state index contributed by atoms with van der Waals surface area (Å²) in [4.78, 5) is 0.943. The smallest absolute Gasteiger partial charge is 0.135 e. The van der Waals surface area contributed by atoms with Gasteiger partial charge in [-0.1, -0.05) is 0 Å². The van der Waals surface area contributed by atoms with Crippen LogP contribution in [0.5, 0.6) is 5.75 Å². The van der Waals surface area contributed by atoms with E-state index in [-0.39, 0.29) is 0 Å². The van der Waals surface area contributed by atoms with Gasteiger partial charge in [0.2, 0.25) is 0 Å². The summed E-state index contributed by atoms with van der Waals surface area (Å²) in [6, 6.07) is 4.19. The van der Waals surface area contributed by atoms with Gasteiger partial charge in [0.25, 0.3) is 0 Å². The first-order valence-corrected chi connectivity index (χ1v) is 6.66. The van der Waals surface area contributed by atoms with Gasteiger partial charge in [0.1, 0.15) is 5.75 Å². The summed E-state index contributed by atoms with van der Waals surface area (Å²) in [5.74, 6) is 0.884. The molecule has 0 amide bonds. The predicted molar refractivity (Wildman–Crippen MR) is 73.0 cm³/mol. The van der Waals surface area contributed by atoms with Crippen LogP contribution in [0.2, 0.25) is 0 Å². The van der Waals surface area contributed by atoms with E-state index in [9.17, 15) is 0 Å². The van der Waals surface area contributed by atoms with Crippen LogP contribution in [0.1, 0.15) is 6.92 Å². The quantitative estimate of drug-likeness (QED) is 0.639. The molecular weight excluding hydrogens is 327 g/mol. The Kier molecular flexibility index (Phi) is 3.23. The predicted octanol–water partition coefficient (Wildman–Crippen LogP) is 4.19. The van der Waals surface area contributed by atoms with Gasteiger partial charge in [0, 0.05) is 13.7 Å². The molecule has 1 heterocycles. The third-order valence-corrected chi connectivity index (χ3v) is 4.79. The molecule has 14 heavy (non-hydrogen) atoms. The maximum atomic E-state index is 5.52. The molecule has 1 aromatic carbocycles. The highest BCUT2D eigenvalue weighted by Crippen LogP contribution is 2.36. The van der Waals surface area contributed by atoms with E-state index in [1.165, 1.54) is 13.7 Å². The van der Waals surface area contributed by atoms with Crippen molar-refractivity contribution in [2.24, 2.45) is 0 Å². The van der Waals surface area contributed by atoms with Gasteiger partial charge in [-0.2, -0.15) is 0 Å². The summed E-state index contributed by atoms with van der Waals surface area (Å²) in [7, 11) is 0. The van der Waals surface area contributed by atoms with Crippen LogP contribution in [0.15, 0.2) is 22.4 Å². The molecule has 2 rings (SSSR count). The SMILES string of the molecule is CCOc1cc2sccc2c(I)c1S. The Hall–Kier alpha value is 0.0600. The van der Waals surface area contributed by atoms with Gasteiger partial charge in [-0.25, -0.2) is 0 Å². The summed E-state index contributed by atoms with van der Waals surface area (Å²) < 4.78 is 7.95. The van der Waals surface area contributed by atoms with Crippen molar-refractivity contribution in [1.29, 1.82) is 0 Å². The summed E-state index contributed by atoms with van der Waals surface area (Å²) >= 11 is 8.51. The van der Waals surface area contributed by atoms with Crippen LogP contribution in [0.25, 0.3) is 10.1 Å². The number of halogens is 1. The van der Waals surface area contributed by atoms with Crippen molar-refractivity contribution in [2.45, 2.75) is 11.8 Å². The minimum Gasteiger partial charge on any atom is -0.493 e. The van der Waals surface area contributed by atoms with Gasteiger partial charge in [0.05, 0.1) is 11.5 Å². The average molecular weight is 336 g/mol. The van der Waals surface area contributed by atoms with E-state index in [1.807, 2.05) is 6.92 Å². The molecule has 0 fully saturated rings. The molecule has 0 aliphatic heterocycles. The number of thiophene rings is 1. The Labute approximate surface area is 106 Å². The Morgan fingerprint density at radius 2 is 2.36 bits per heavy atom. The van der Waals surface area contributed by atoms with Crippen molar-refractivity contribution in [3.8, 4) is 5.75 Å². The van der Waals surface area contributed by atoms with Gasteiger partial charge in [-0.3, -0.25) is 0 Å². The first-order chi connectivity index (χ1) is 6.74. The van der Waals surface area contributed by atoms with E-state index in [0.29, 0.717) is 6.61 Å².